The van der Waals surface area contributed by atoms with Crippen molar-refractivity contribution in [2.75, 3.05) is 0 Å². The summed E-state index contributed by atoms with van der Waals surface area (Å²) in [5, 5.41) is 7.96. The molecule has 0 aliphatic rings. The summed E-state index contributed by atoms with van der Waals surface area (Å²) in [4.78, 5) is 0. The van der Waals surface area contributed by atoms with E-state index in [4.69, 9.17) is 0 Å². The van der Waals surface area contributed by atoms with Crippen molar-refractivity contribution in [3.63, 3.8) is 0 Å². The molecule has 4 aromatic rings. The Morgan fingerprint density at radius 1 is 0.600 bits per heavy atom. The largest absolute Gasteiger partial charge is 0.0616 e. The van der Waals surface area contributed by atoms with Crippen LogP contribution in [-0.2, 0) is 0 Å². The van der Waals surface area contributed by atoms with E-state index in [0.29, 0.717) is 0 Å². The molecular formula is C18H11ISb. The zero-order valence-electron chi connectivity index (χ0n) is 10.7. The molecule has 20 heavy (non-hydrogen) atoms. The first-order chi connectivity index (χ1) is 9.33. The summed E-state index contributed by atoms with van der Waals surface area (Å²) in [6, 6.07) is 24.1. The Bertz CT molecular complexity index is 928. The molecule has 0 saturated heterocycles. The van der Waals surface area contributed by atoms with Crippen LogP contribution in [0, 0.1) is 3.57 Å². The maximum Gasteiger partial charge on any atom is 0.0215 e. The van der Waals surface area contributed by atoms with Gasteiger partial charge in [0.2, 0.25) is 0 Å². The van der Waals surface area contributed by atoms with Gasteiger partial charge in [0.05, 0.1) is 0 Å². The molecule has 3 radical (unpaired) electrons. The van der Waals surface area contributed by atoms with E-state index >= 15 is 0 Å². The van der Waals surface area contributed by atoms with Crippen LogP contribution < -0.4 is 0 Å². The van der Waals surface area contributed by atoms with Crippen molar-refractivity contribution in [2.45, 2.75) is 0 Å². The third-order valence-electron chi connectivity index (χ3n) is 3.68. The van der Waals surface area contributed by atoms with Crippen LogP contribution in [0.5, 0.6) is 0 Å². The van der Waals surface area contributed by atoms with Crippen molar-refractivity contribution >= 4 is 79.3 Å². The summed E-state index contributed by atoms with van der Waals surface area (Å²) >= 11 is 2.43. The summed E-state index contributed by atoms with van der Waals surface area (Å²) in [6.07, 6.45) is 0. The van der Waals surface area contributed by atoms with Gasteiger partial charge in [-0.3, -0.25) is 0 Å². The van der Waals surface area contributed by atoms with E-state index < -0.39 is 0 Å². The Hall–Kier alpha value is -0.792. The molecule has 0 saturated carbocycles. The molecule has 2 heteroatoms. The molecule has 4 rings (SSSR count). The van der Waals surface area contributed by atoms with Crippen molar-refractivity contribution in [1.29, 1.82) is 0 Å². The van der Waals surface area contributed by atoms with E-state index in [1.165, 1.54) is 35.9 Å². The Morgan fingerprint density at radius 3 is 2.05 bits per heavy atom. The molecule has 95 valence electrons. The predicted molar refractivity (Wildman–Crippen MR) is 97.4 cm³/mol. The van der Waals surface area contributed by atoms with Crippen LogP contribution in [0.1, 0.15) is 0 Å². The second-order valence-corrected chi connectivity index (χ2v) is 5.99. The predicted octanol–water partition coefficient (Wildman–Crippen LogP) is 5.37. The molecule has 0 amide bonds. The maximum absolute atomic E-state index is 2.43. The van der Waals surface area contributed by atoms with Gasteiger partial charge in [-0.1, -0.05) is 48.5 Å². The quantitative estimate of drug-likeness (QED) is 0.139. The molecule has 0 unspecified atom stereocenters. The zero-order chi connectivity index (χ0) is 12.8. The van der Waals surface area contributed by atoms with Crippen LogP contribution in [0.2, 0.25) is 0 Å². The van der Waals surface area contributed by atoms with Crippen LogP contribution >= 0.6 is 22.6 Å². The molecule has 0 fully saturated rings. The van der Waals surface area contributed by atoms with Gasteiger partial charge in [0.25, 0.3) is 0 Å². The SMILES string of the molecule is Ic1cccc2ccc3cc4ccccc4cc3c12.[Sb]. The van der Waals surface area contributed by atoms with Crippen LogP contribution in [0.25, 0.3) is 32.3 Å². The standard InChI is InChI=1S/C18H11I.Sb/c19-17-7-3-6-12-8-9-15-10-13-4-1-2-5-14(13)11-16(15)18(12)17;/h1-11H;. The molecule has 4 aromatic carbocycles. The fraction of sp³-hybridized carbons (Fsp3) is 0. The normalized spacial score (nSPS) is 10.8. The first-order valence-electron chi connectivity index (χ1n) is 6.33. The molecule has 0 aliphatic heterocycles. The number of hydrogen-bond acceptors (Lipinski definition) is 0. The van der Waals surface area contributed by atoms with Crippen LogP contribution in [-0.4, -0.2) is 24.4 Å². The Kier molecular flexibility index (Phi) is 3.92. The van der Waals surface area contributed by atoms with E-state index in [1.807, 2.05) is 0 Å². The van der Waals surface area contributed by atoms with Crippen molar-refractivity contribution < 1.29 is 0 Å². The minimum absolute atomic E-state index is 0. The zero-order valence-corrected chi connectivity index (χ0v) is 15.4. The summed E-state index contributed by atoms with van der Waals surface area (Å²) in [6.45, 7) is 0. The molecule has 0 aromatic heterocycles. The molecule has 0 nitrogen and oxygen atoms in total. The van der Waals surface area contributed by atoms with Crippen molar-refractivity contribution in [3.05, 3.63) is 70.3 Å². The number of hydrogen-bond donors (Lipinski definition) is 0. The third kappa shape index (κ3) is 2.21. The fourth-order valence-corrected chi connectivity index (χ4v) is 3.57. The molecule has 0 N–H and O–H groups in total. The van der Waals surface area contributed by atoms with E-state index in [9.17, 15) is 0 Å². The third-order valence-corrected chi connectivity index (χ3v) is 4.57. The first-order valence-corrected chi connectivity index (χ1v) is 7.40. The Morgan fingerprint density at radius 2 is 1.25 bits per heavy atom. The van der Waals surface area contributed by atoms with Crippen LogP contribution in [0.15, 0.2) is 66.7 Å². The number of benzene rings is 4. The van der Waals surface area contributed by atoms with E-state index in [2.05, 4.69) is 89.3 Å². The summed E-state index contributed by atoms with van der Waals surface area (Å²) < 4.78 is 1.32. The number of fused-ring (bicyclic) bond motifs is 4. The average molecular weight is 476 g/mol. The van der Waals surface area contributed by atoms with Gasteiger partial charge in [0.1, 0.15) is 0 Å². The average Bonchev–Trinajstić information content (AvgIpc) is 2.45. The van der Waals surface area contributed by atoms with Gasteiger partial charge in [0.15, 0.2) is 0 Å². The van der Waals surface area contributed by atoms with Crippen LogP contribution in [0.4, 0.5) is 0 Å². The van der Waals surface area contributed by atoms with Gasteiger partial charge < -0.3 is 0 Å². The smallest absolute Gasteiger partial charge is 0.0215 e. The fourth-order valence-electron chi connectivity index (χ4n) is 2.76. The van der Waals surface area contributed by atoms with Gasteiger partial charge in [-0.05, 0) is 67.7 Å². The summed E-state index contributed by atoms with van der Waals surface area (Å²) in [7, 11) is 0. The number of halogens is 1. The van der Waals surface area contributed by atoms with E-state index in [0.717, 1.165) is 0 Å². The maximum atomic E-state index is 2.43. The molecule has 0 spiro atoms. The second-order valence-electron chi connectivity index (χ2n) is 4.82. The minimum atomic E-state index is 0. The van der Waals surface area contributed by atoms with Gasteiger partial charge in [-0.2, -0.15) is 0 Å². The molecule has 0 heterocycles. The molecule has 0 bridgehead atoms. The van der Waals surface area contributed by atoms with E-state index in [-0.39, 0.29) is 24.4 Å². The van der Waals surface area contributed by atoms with Crippen molar-refractivity contribution in [1.82, 2.24) is 0 Å². The first kappa shape index (κ1) is 14.2. The van der Waals surface area contributed by atoms with Crippen molar-refractivity contribution in [3.8, 4) is 0 Å². The number of rotatable bonds is 0. The molecule has 0 atom stereocenters. The minimum Gasteiger partial charge on any atom is -0.0616 e. The van der Waals surface area contributed by atoms with Gasteiger partial charge >= 0.3 is 0 Å². The Balaban J connectivity index is 0.00000121. The van der Waals surface area contributed by atoms with Gasteiger partial charge in [-0.25, -0.2) is 0 Å². The Labute approximate surface area is 148 Å². The topological polar surface area (TPSA) is 0 Å². The van der Waals surface area contributed by atoms with E-state index in [1.54, 1.807) is 0 Å². The summed E-state index contributed by atoms with van der Waals surface area (Å²) in [5.74, 6) is 0. The molecular weight excluding hydrogens is 465 g/mol. The van der Waals surface area contributed by atoms with Gasteiger partial charge in [-0.15, -0.1) is 0 Å². The second kappa shape index (κ2) is 5.54. The molecule has 0 aliphatic carbocycles. The summed E-state index contributed by atoms with van der Waals surface area (Å²) in [5.41, 5.74) is 0. The van der Waals surface area contributed by atoms with Crippen molar-refractivity contribution in [2.24, 2.45) is 0 Å². The van der Waals surface area contributed by atoms with Gasteiger partial charge in [0, 0.05) is 33.4 Å². The monoisotopic (exact) mass is 475 g/mol. The van der Waals surface area contributed by atoms with Crippen LogP contribution in [0.3, 0.4) is 0 Å².